The summed E-state index contributed by atoms with van der Waals surface area (Å²) in [6, 6.07) is 8.41. The molecule has 1 aliphatic rings. The van der Waals surface area contributed by atoms with E-state index in [1.807, 2.05) is 13.0 Å². The number of hydrogen-bond donors (Lipinski definition) is 0. The fourth-order valence-electron chi connectivity index (χ4n) is 2.46. The van der Waals surface area contributed by atoms with Crippen LogP contribution in [-0.2, 0) is 16.0 Å². The summed E-state index contributed by atoms with van der Waals surface area (Å²) in [4.78, 5) is 13.9. The Morgan fingerprint density at radius 3 is 2.95 bits per heavy atom. The van der Waals surface area contributed by atoms with Crippen LogP contribution in [0.2, 0.25) is 0 Å². The highest BCUT2D eigenvalue weighted by atomic mass is 16.5. The third kappa shape index (κ3) is 3.37. The second kappa shape index (κ2) is 6.41. The van der Waals surface area contributed by atoms with Gasteiger partial charge in [-0.05, 0) is 37.8 Å². The van der Waals surface area contributed by atoms with E-state index in [0.717, 1.165) is 19.4 Å². The molecule has 1 aromatic rings. The summed E-state index contributed by atoms with van der Waals surface area (Å²) >= 11 is 0. The summed E-state index contributed by atoms with van der Waals surface area (Å²) in [5, 5.41) is 0. The minimum atomic E-state index is -0.288. The van der Waals surface area contributed by atoms with E-state index in [9.17, 15) is 4.79 Å². The Hall–Kier alpha value is -1.77. The molecule has 3 nitrogen and oxygen atoms in total. The first-order valence-electron chi connectivity index (χ1n) is 6.90. The van der Waals surface area contributed by atoms with Crippen LogP contribution >= 0.6 is 0 Å². The average Bonchev–Trinajstić information content (AvgIpc) is 2.62. The number of ether oxygens (including phenoxy) is 1. The predicted molar refractivity (Wildman–Crippen MR) is 77.4 cm³/mol. The lowest BCUT2D eigenvalue weighted by atomic mass is 10.1. The zero-order valence-corrected chi connectivity index (χ0v) is 11.5. The number of esters is 1. The standard InChI is InChI=1S/C16H21NO2/c1-3-19-16(18)13(2)12-17-11-7-6-9-14-8-4-5-10-15(14)17/h4-5,8,10H,2-3,6-7,9,11-12H2,1H3. The number of hydrogen-bond acceptors (Lipinski definition) is 3. The number of fused-ring (bicyclic) bond motifs is 1. The Kier molecular flexibility index (Phi) is 4.61. The van der Waals surface area contributed by atoms with E-state index in [2.05, 4.69) is 29.7 Å². The Labute approximate surface area is 114 Å². The molecular weight excluding hydrogens is 238 g/mol. The molecule has 0 saturated carbocycles. The first-order valence-corrected chi connectivity index (χ1v) is 6.90. The fraction of sp³-hybridized carbons (Fsp3) is 0.438. The Balaban J connectivity index is 2.12. The number of para-hydroxylation sites is 1. The van der Waals surface area contributed by atoms with Crippen molar-refractivity contribution in [2.75, 3.05) is 24.6 Å². The molecule has 0 atom stereocenters. The highest BCUT2D eigenvalue weighted by Gasteiger charge is 2.18. The van der Waals surface area contributed by atoms with Crippen LogP contribution in [0.4, 0.5) is 5.69 Å². The summed E-state index contributed by atoms with van der Waals surface area (Å²) in [6.07, 6.45) is 3.45. The summed E-state index contributed by atoms with van der Waals surface area (Å²) in [5.41, 5.74) is 3.11. The Morgan fingerprint density at radius 1 is 1.37 bits per heavy atom. The van der Waals surface area contributed by atoms with Crippen molar-refractivity contribution in [3.8, 4) is 0 Å². The summed E-state index contributed by atoms with van der Waals surface area (Å²) < 4.78 is 5.00. The second-order valence-corrected chi connectivity index (χ2v) is 4.83. The number of nitrogens with zero attached hydrogens (tertiary/aromatic N) is 1. The van der Waals surface area contributed by atoms with Crippen LogP contribution in [0.25, 0.3) is 0 Å². The van der Waals surface area contributed by atoms with Crippen molar-refractivity contribution >= 4 is 11.7 Å². The average molecular weight is 259 g/mol. The molecule has 0 saturated heterocycles. The van der Waals surface area contributed by atoms with Crippen LogP contribution in [0, 0.1) is 0 Å². The van der Waals surface area contributed by atoms with Gasteiger partial charge in [0.05, 0.1) is 6.61 Å². The van der Waals surface area contributed by atoms with Crippen molar-refractivity contribution in [2.45, 2.75) is 26.2 Å². The quantitative estimate of drug-likeness (QED) is 0.615. The van der Waals surface area contributed by atoms with E-state index in [1.165, 1.54) is 17.7 Å². The van der Waals surface area contributed by atoms with Gasteiger partial charge >= 0.3 is 5.97 Å². The second-order valence-electron chi connectivity index (χ2n) is 4.83. The van der Waals surface area contributed by atoms with Crippen LogP contribution in [0.3, 0.4) is 0 Å². The SMILES string of the molecule is C=C(CN1CCCCc2ccccc21)C(=O)OCC. The molecule has 3 heteroatoms. The van der Waals surface area contributed by atoms with E-state index in [0.29, 0.717) is 18.7 Å². The van der Waals surface area contributed by atoms with Crippen LogP contribution < -0.4 is 4.90 Å². The molecular formula is C16H21NO2. The van der Waals surface area contributed by atoms with Crippen molar-refractivity contribution in [1.29, 1.82) is 0 Å². The predicted octanol–water partition coefficient (Wildman–Crippen LogP) is 2.95. The van der Waals surface area contributed by atoms with Gasteiger partial charge in [-0.25, -0.2) is 4.79 Å². The molecule has 19 heavy (non-hydrogen) atoms. The third-order valence-corrected chi connectivity index (χ3v) is 3.40. The van der Waals surface area contributed by atoms with E-state index in [1.54, 1.807) is 0 Å². The van der Waals surface area contributed by atoms with Crippen molar-refractivity contribution in [1.82, 2.24) is 0 Å². The van der Waals surface area contributed by atoms with Crippen LogP contribution in [-0.4, -0.2) is 25.7 Å². The highest BCUT2D eigenvalue weighted by Crippen LogP contribution is 2.26. The lowest BCUT2D eigenvalue weighted by Crippen LogP contribution is -2.29. The van der Waals surface area contributed by atoms with Crippen LogP contribution in [0.15, 0.2) is 36.4 Å². The molecule has 0 spiro atoms. The molecule has 0 amide bonds. The van der Waals surface area contributed by atoms with Gasteiger partial charge in [0, 0.05) is 24.4 Å². The van der Waals surface area contributed by atoms with Crippen molar-refractivity contribution in [2.24, 2.45) is 0 Å². The van der Waals surface area contributed by atoms with Crippen LogP contribution in [0.1, 0.15) is 25.3 Å². The maximum Gasteiger partial charge on any atom is 0.335 e. The number of anilines is 1. The van der Waals surface area contributed by atoms with Crippen molar-refractivity contribution in [3.05, 3.63) is 42.0 Å². The Morgan fingerprint density at radius 2 is 2.16 bits per heavy atom. The van der Waals surface area contributed by atoms with Gasteiger partial charge in [0.25, 0.3) is 0 Å². The highest BCUT2D eigenvalue weighted by molar-refractivity contribution is 5.89. The number of carbonyl (C=O) groups is 1. The van der Waals surface area contributed by atoms with Gasteiger partial charge in [-0.2, -0.15) is 0 Å². The molecule has 0 aromatic heterocycles. The molecule has 0 unspecified atom stereocenters. The molecule has 1 heterocycles. The number of aryl methyl sites for hydroxylation is 1. The smallest absolute Gasteiger partial charge is 0.335 e. The summed E-state index contributed by atoms with van der Waals surface area (Å²) in [5.74, 6) is -0.288. The fourth-order valence-corrected chi connectivity index (χ4v) is 2.46. The first-order chi connectivity index (χ1) is 9.22. The molecule has 102 valence electrons. The van der Waals surface area contributed by atoms with E-state index in [-0.39, 0.29) is 5.97 Å². The van der Waals surface area contributed by atoms with Crippen molar-refractivity contribution < 1.29 is 9.53 Å². The van der Waals surface area contributed by atoms with Gasteiger partial charge < -0.3 is 9.64 Å². The first kappa shape index (κ1) is 13.7. The molecule has 0 fully saturated rings. The topological polar surface area (TPSA) is 29.5 Å². The van der Waals surface area contributed by atoms with Crippen LogP contribution in [0.5, 0.6) is 0 Å². The molecule has 0 aliphatic carbocycles. The maximum atomic E-state index is 11.7. The van der Waals surface area contributed by atoms with Gasteiger partial charge in [0.2, 0.25) is 0 Å². The lowest BCUT2D eigenvalue weighted by molar-refractivity contribution is -0.138. The minimum absolute atomic E-state index is 0.288. The van der Waals surface area contributed by atoms with Gasteiger partial charge in [0.1, 0.15) is 0 Å². The van der Waals surface area contributed by atoms with E-state index in [4.69, 9.17) is 4.74 Å². The summed E-state index contributed by atoms with van der Waals surface area (Å²) in [6.45, 7) is 7.58. The van der Waals surface area contributed by atoms with Gasteiger partial charge in [-0.15, -0.1) is 0 Å². The monoisotopic (exact) mass is 259 g/mol. The van der Waals surface area contributed by atoms with Gasteiger partial charge in [0.15, 0.2) is 0 Å². The third-order valence-electron chi connectivity index (χ3n) is 3.40. The zero-order valence-electron chi connectivity index (χ0n) is 11.5. The largest absolute Gasteiger partial charge is 0.463 e. The number of rotatable bonds is 4. The lowest BCUT2D eigenvalue weighted by Gasteiger charge is -2.25. The van der Waals surface area contributed by atoms with E-state index >= 15 is 0 Å². The minimum Gasteiger partial charge on any atom is -0.463 e. The van der Waals surface area contributed by atoms with E-state index < -0.39 is 0 Å². The maximum absolute atomic E-state index is 11.7. The van der Waals surface area contributed by atoms with Crippen molar-refractivity contribution in [3.63, 3.8) is 0 Å². The molecule has 0 bridgehead atoms. The molecule has 0 radical (unpaired) electrons. The molecule has 2 rings (SSSR count). The molecule has 1 aliphatic heterocycles. The molecule has 0 N–H and O–H groups in total. The normalized spacial score (nSPS) is 14.5. The zero-order chi connectivity index (χ0) is 13.7. The van der Waals surface area contributed by atoms with Gasteiger partial charge in [-0.1, -0.05) is 24.8 Å². The number of carbonyl (C=O) groups excluding carboxylic acids is 1. The Bertz CT molecular complexity index is 468. The number of benzene rings is 1. The summed E-state index contributed by atoms with van der Waals surface area (Å²) in [7, 11) is 0. The molecule has 1 aromatic carbocycles. The van der Waals surface area contributed by atoms with Gasteiger partial charge in [-0.3, -0.25) is 0 Å².